The standard InChI is InChI=1S/C28H43NO3S2/c1-4-6-8-14-27(31-21-24(30)11-7-5-2)32-22(3)29-17-15-23(16-18-29)28(25-12-9-19-33-25)26-13-10-20-34-26/h9-10,12-13,19-20,22,24,27,30H,4-8,11,14-18,21H2,1-3H3. The Labute approximate surface area is 214 Å². The molecule has 1 aliphatic heterocycles. The van der Waals surface area contributed by atoms with Gasteiger partial charge in [0.15, 0.2) is 6.29 Å². The van der Waals surface area contributed by atoms with Gasteiger partial charge in [-0.1, -0.05) is 57.2 Å². The van der Waals surface area contributed by atoms with Gasteiger partial charge in [0, 0.05) is 28.4 Å². The van der Waals surface area contributed by atoms with Crippen LogP contribution in [0.5, 0.6) is 0 Å². The Morgan fingerprint density at radius 3 is 2.18 bits per heavy atom. The summed E-state index contributed by atoms with van der Waals surface area (Å²) < 4.78 is 12.5. The molecule has 3 unspecified atom stereocenters. The van der Waals surface area contributed by atoms with E-state index in [2.05, 4.69) is 60.7 Å². The number of hydrogen-bond donors (Lipinski definition) is 1. The van der Waals surface area contributed by atoms with Crippen molar-refractivity contribution in [3.05, 3.63) is 50.4 Å². The predicted molar refractivity (Wildman–Crippen MR) is 145 cm³/mol. The number of rotatable bonds is 15. The van der Waals surface area contributed by atoms with E-state index in [4.69, 9.17) is 9.47 Å². The van der Waals surface area contributed by atoms with Crippen LogP contribution in [0.1, 0.15) is 88.3 Å². The first-order valence-electron chi connectivity index (χ1n) is 13.1. The fourth-order valence-corrected chi connectivity index (χ4v) is 6.25. The van der Waals surface area contributed by atoms with Gasteiger partial charge in [-0.2, -0.15) is 0 Å². The van der Waals surface area contributed by atoms with Crippen LogP contribution in [0.4, 0.5) is 0 Å². The lowest BCUT2D eigenvalue weighted by atomic mass is 9.95. The first-order valence-corrected chi connectivity index (χ1v) is 14.9. The second-order valence-corrected chi connectivity index (χ2v) is 11.2. The molecular weight excluding hydrogens is 462 g/mol. The quantitative estimate of drug-likeness (QED) is 0.200. The van der Waals surface area contributed by atoms with Gasteiger partial charge in [0.1, 0.15) is 6.23 Å². The highest BCUT2D eigenvalue weighted by Gasteiger charge is 2.25. The van der Waals surface area contributed by atoms with E-state index in [1.165, 1.54) is 28.2 Å². The minimum absolute atomic E-state index is 0.00730. The second kappa shape index (κ2) is 15.2. The molecule has 1 fully saturated rings. The molecule has 2 aromatic heterocycles. The Morgan fingerprint density at radius 2 is 1.62 bits per heavy atom. The van der Waals surface area contributed by atoms with Crippen molar-refractivity contribution in [2.24, 2.45) is 0 Å². The fraction of sp³-hybridized carbons (Fsp3) is 0.643. The monoisotopic (exact) mass is 505 g/mol. The lowest BCUT2D eigenvalue weighted by Crippen LogP contribution is -2.42. The van der Waals surface area contributed by atoms with Crippen LogP contribution < -0.4 is 0 Å². The van der Waals surface area contributed by atoms with Gasteiger partial charge in [-0.15, -0.1) is 22.7 Å². The molecule has 1 saturated heterocycles. The molecule has 0 aliphatic carbocycles. The maximum atomic E-state index is 10.2. The van der Waals surface area contributed by atoms with Gasteiger partial charge in [-0.25, -0.2) is 0 Å². The minimum Gasteiger partial charge on any atom is -0.391 e. The summed E-state index contributed by atoms with van der Waals surface area (Å²) in [4.78, 5) is 5.19. The van der Waals surface area contributed by atoms with Crippen LogP contribution in [-0.2, 0) is 9.47 Å². The molecule has 6 heteroatoms. The van der Waals surface area contributed by atoms with Crippen molar-refractivity contribution in [1.82, 2.24) is 4.90 Å². The van der Waals surface area contributed by atoms with Crippen LogP contribution in [-0.4, -0.2) is 48.3 Å². The van der Waals surface area contributed by atoms with Crippen molar-refractivity contribution in [1.29, 1.82) is 0 Å². The average Bonchev–Trinajstić information content (AvgIpc) is 3.57. The number of hydrogen-bond acceptors (Lipinski definition) is 6. The van der Waals surface area contributed by atoms with E-state index in [1.807, 2.05) is 22.7 Å². The summed E-state index contributed by atoms with van der Waals surface area (Å²) in [6.07, 6.45) is 8.76. The number of piperidine rings is 1. The lowest BCUT2D eigenvalue weighted by molar-refractivity contribution is -0.213. The minimum atomic E-state index is -0.400. The second-order valence-electron chi connectivity index (χ2n) is 9.26. The highest BCUT2D eigenvalue weighted by molar-refractivity contribution is 7.13. The molecule has 0 radical (unpaired) electrons. The Balaban J connectivity index is 1.57. The summed E-state index contributed by atoms with van der Waals surface area (Å²) in [5.41, 5.74) is 3.00. The molecular formula is C28H43NO3S2. The summed E-state index contributed by atoms with van der Waals surface area (Å²) in [6, 6.07) is 8.80. The summed E-state index contributed by atoms with van der Waals surface area (Å²) in [7, 11) is 0. The van der Waals surface area contributed by atoms with Gasteiger partial charge >= 0.3 is 0 Å². The van der Waals surface area contributed by atoms with Gasteiger partial charge in [0.05, 0.1) is 12.7 Å². The smallest absolute Gasteiger partial charge is 0.159 e. The highest BCUT2D eigenvalue weighted by atomic mass is 32.1. The maximum Gasteiger partial charge on any atom is 0.159 e. The van der Waals surface area contributed by atoms with E-state index in [9.17, 15) is 5.11 Å². The molecule has 0 amide bonds. The highest BCUT2D eigenvalue weighted by Crippen LogP contribution is 2.37. The van der Waals surface area contributed by atoms with E-state index in [1.54, 1.807) is 5.57 Å². The van der Waals surface area contributed by atoms with Crippen molar-refractivity contribution >= 4 is 28.2 Å². The summed E-state index contributed by atoms with van der Waals surface area (Å²) in [5.74, 6) is 0. The van der Waals surface area contributed by atoms with E-state index < -0.39 is 6.10 Å². The SMILES string of the molecule is CCCCCC(OCC(O)CCCC)OC(C)N1CCC(=C(c2cccs2)c2cccs2)CC1. The summed E-state index contributed by atoms with van der Waals surface area (Å²) in [5, 5.41) is 14.6. The molecule has 1 N–H and O–H groups in total. The number of aliphatic hydroxyl groups is 1. The molecule has 3 heterocycles. The Hall–Kier alpha value is -1.02. The Bertz CT molecular complexity index is 773. The molecule has 190 valence electrons. The van der Waals surface area contributed by atoms with E-state index >= 15 is 0 Å². The topological polar surface area (TPSA) is 41.9 Å². The van der Waals surface area contributed by atoms with Crippen molar-refractivity contribution < 1.29 is 14.6 Å². The number of aliphatic hydroxyl groups excluding tert-OH is 1. The molecule has 3 atom stereocenters. The normalized spacial score (nSPS) is 17.6. The number of nitrogens with zero attached hydrogens (tertiary/aromatic N) is 1. The number of likely N-dealkylation sites (tertiary alicyclic amines) is 1. The zero-order valence-corrected chi connectivity index (χ0v) is 22.8. The fourth-order valence-electron chi connectivity index (χ4n) is 4.52. The molecule has 3 rings (SSSR count). The van der Waals surface area contributed by atoms with Crippen LogP contribution in [0.3, 0.4) is 0 Å². The van der Waals surface area contributed by atoms with Crippen LogP contribution in [0.15, 0.2) is 40.6 Å². The molecule has 1 aliphatic rings. The molecule has 0 bridgehead atoms. The van der Waals surface area contributed by atoms with Gasteiger partial charge in [0.25, 0.3) is 0 Å². The third-order valence-electron chi connectivity index (χ3n) is 6.56. The van der Waals surface area contributed by atoms with Crippen LogP contribution in [0.2, 0.25) is 0 Å². The number of thiophene rings is 2. The molecule has 0 saturated carbocycles. The number of unbranched alkanes of at least 4 members (excludes halogenated alkanes) is 3. The number of ether oxygens (including phenoxy) is 2. The van der Waals surface area contributed by atoms with E-state index in [0.29, 0.717) is 6.61 Å². The Kier molecular flexibility index (Phi) is 12.3. The molecule has 4 nitrogen and oxygen atoms in total. The summed E-state index contributed by atoms with van der Waals surface area (Å²) >= 11 is 3.67. The maximum absolute atomic E-state index is 10.2. The average molecular weight is 506 g/mol. The van der Waals surface area contributed by atoms with Crippen LogP contribution in [0, 0.1) is 0 Å². The van der Waals surface area contributed by atoms with Crippen LogP contribution in [0.25, 0.3) is 5.57 Å². The van der Waals surface area contributed by atoms with E-state index in [0.717, 1.165) is 58.0 Å². The zero-order valence-electron chi connectivity index (χ0n) is 21.2. The van der Waals surface area contributed by atoms with Gasteiger partial charge < -0.3 is 14.6 Å². The first-order chi connectivity index (χ1) is 16.6. The zero-order chi connectivity index (χ0) is 24.2. The van der Waals surface area contributed by atoms with Gasteiger partial charge in [-0.3, -0.25) is 4.90 Å². The van der Waals surface area contributed by atoms with Crippen molar-refractivity contribution in [3.8, 4) is 0 Å². The molecule has 34 heavy (non-hydrogen) atoms. The first kappa shape index (κ1) is 27.6. The van der Waals surface area contributed by atoms with E-state index in [-0.39, 0.29) is 12.5 Å². The molecule has 0 aromatic carbocycles. The largest absolute Gasteiger partial charge is 0.391 e. The van der Waals surface area contributed by atoms with Gasteiger partial charge in [-0.05, 0) is 61.9 Å². The Morgan fingerprint density at radius 1 is 0.971 bits per heavy atom. The molecule has 0 spiro atoms. The predicted octanol–water partition coefficient (Wildman–Crippen LogP) is 7.54. The van der Waals surface area contributed by atoms with Crippen LogP contribution >= 0.6 is 22.7 Å². The van der Waals surface area contributed by atoms with Crippen molar-refractivity contribution in [3.63, 3.8) is 0 Å². The summed E-state index contributed by atoms with van der Waals surface area (Å²) in [6.45, 7) is 8.87. The van der Waals surface area contributed by atoms with Crippen molar-refractivity contribution in [2.75, 3.05) is 19.7 Å². The van der Waals surface area contributed by atoms with Gasteiger partial charge in [0.2, 0.25) is 0 Å². The lowest BCUT2D eigenvalue weighted by Gasteiger charge is -2.36. The third-order valence-corrected chi connectivity index (χ3v) is 8.34. The van der Waals surface area contributed by atoms with Crippen molar-refractivity contribution in [2.45, 2.75) is 97.2 Å². The molecule has 2 aromatic rings. The third kappa shape index (κ3) is 8.58.